The summed E-state index contributed by atoms with van der Waals surface area (Å²) in [4.78, 5) is 25.5. The molecule has 5 rings (SSSR count). The number of fused-ring (bicyclic) bond motifs is 1. The predicted molar refractivity (Wildman–Crippen MR) is 128 cm³/mol. The minimum Gasteiger partial charge on any atom is -0.378 e. The lowest BCUT2D eigenvalue weighted by Gasteiger charge is -2.27. The van der Waals surface area contributed by atoms with E-state index in [-0.39, 0.29) is 23.5 Å². The van der Waals surface area contributed by atoms with E-state index in [0.717, 1.165) is 53.6 Å². The Morgan fingerprint density at radius 1 is 1.06 bits per heavy atom. The van der Waals surface area contributed by atoms with Crippen LogP contribution in [0.25, 0.3) is 10.8 Å². The number of rotatable bonds is 4. The van der Waals surface area contributed by atoms with Gasteiger partial charge in [0.1, 0.15) is 11.5 Å². The molecule has 7 heteroatoms. The highest BCUT2D eigenvalue weighted by Gasteiger charge is 2.35. The molecule has 1 aliphatic carbocycles. The quantitative estimate of drug-likeness (QED) is 0.594. The molecular formula is C26H27N5O2. The van der Waals surface area contributed by atoms with Gasteiger partial charge in [0, 0.05) is 41.4 Å². The van der Waals surface area contributed by atoms with Crippen molar-refractivity contribution in [3.63, 3.8) is 0 Å². The van der Waals surface area contributed by atoms with Gasteiger partial charge in [0.2, 0.25) is 5.91 Å². The fourth-order valence-electron chi connectivity index (χ4n) is 4.03. The second kappa shape index (κ2) is 8.45. The highest BCUT2D eigenvalue weighted by atomic mass is 16.5. The van der Waals surface area contributed by atoms with E-state index < -0.39 is 0 Å². The van der Waals surface area contributed by atoms with Gasteiger partial charge in [0.15, 0.2) is 0 Å². The van der Waals surface area contributed by atoms with Crippen LogP contribution in [0.15, 0.2) is 36.8 Å². The molecule has 0 aromatic carbocycles. The molecule has 0 spiro atoms. The minimum absolute atomic E-state index is 0.0331. The topological polar surface area (TPSA) is 89.0 Å². The average Bonchev–Trinajstić information content (AvgIpc) is 3.59. The summed E-state index contributed by atoms with van der Waals surface area (Å²) in [5.74, 6) is 7.03. The van der Waals surface area contributed by atoms with E-state index in [2.05, 4.69) is 51.3 Å². The van der Waals surface area contributed by atoms with Crippen LogP contribution in [0.2, 0.25) is 0 Å². The monoisotopic (exact) mass is 441 g/mol. The van der Waals surface area contributed by atoms with E-state index in [1.807, 2.05) is 25.1 Å². The van der Waals surface area contributed by atoms with Crippen molar-refractivity contribution in [1.29, 1.82) is 0 Å². The van der Waals surface area contributed by atoms with Crippen LogP contribution in [0, 0.1) is 24.7 Å². The molecule has 1 saturated carbocycles. The van der Waals surface area contributed by atoms with Crippen LogP contribution < -0.4 is 10.6 Å². The maximum atomic E-state index is 12.1. The molecule has 2 aliphatic rings. The van der Waals surface area contributed by atoms with Crippen LogP contribution >= 0.6 is 0 Å². The van der Waals surface area contributed by atoms with Crippen molar-refractivity contribution in [3.05, 3.63) is 53.7 Å². The van der Waals surface area contributed by atoms with E-state index in [4.69, 9.17) is 4.74 Å². The molecule has 1 amide bonds. The fourth-order valence-corrected chi connectivity index (χ4v) is 4.03. The van der Waals surface area contributed by atoms with Gasteiger partial charge < -0.3 is 15.4 Å². The summed E-state index contributed by atoms with van der Waals surface area (Å²) in [5.41, 5.74) is 3.08. The van der Waals surface area contributed by atoms with E-state index in [1.165, 1.54) is 0 Å². The molecule has 1 atom stereocenters. The fraction of sp³-hybridized carbons (Fsp3) is 0.385. The highest BCUT2D eigenvalue weighted by Crippen LogP contribution is 2.31. The molecule has 168 valence electrons. The zero-order valence-corrected chi connectivity index (χ0v) is 19.1. The minimum atomic E-state index is -0.191. The Balaban J connectivity index is 1.37. The van der Waals surface area contributed by atoms with Gasteiger partial charge in [-0.1, -0.05) is 5.92 Å². The first-order chi connectivity index (χ1) is 15.9. The molecule has 4 heterocycles. The molecular weight excluding hydrogens is 414 g/mol. The molecule has 2 N–H and O–H groups in total. The van der Waals surface area contributed by atoms with Gasteiger partial charge in [-0.15, -0.1) is 0 Å². The van der Waals surface area contributed by atoms with Crippen molar-refractivity contribution < 1.29 is 9.53 Å². The highest BCUT2D eigenvalue weighted by molar-refractivity contribution is 5.96. The average molecular weight is 442 g/mol. The summed E-state index contributed by atoms with van der Waals surface area (Å²) in [7, 11) is 0. The SMILES string of the molecule is Cc1ncc(C#Cc2ccc(NC3CCOC3(C)C)cn2)c2cc(NC(=O)C3CC3)ncc12. The Morgan fingerprint density at radius 2 is 1.91 bits per heavy atom. The number of hydrogen-bond acceptors (Lipinski definition) is 6. The van der Waals surface area contributed by atoms with Gasteiger partial charge in [-0.3, -0.25) is 9.78 Å². The number of aryl methyl sites for hydroxylation is 1. The Bertz CT molecular complexity index is 1270. The number of nitrogens with one attached hydrogen (secondary N) is 2. The Kier molecular flexibility index (Phi) is 5.47. The van der Waals surface area contributed by atoms with E-state index in [1.54, 1.807) is 18.6 Å². The molecule has 1 aliphatic heterocycles. The van der Waals surface area contributed by atoms with Gasteiger partial charge in [-0.25, -0.2) is 9.97 Å². The van der Waals surface area contributed by atoms with E-state index >= 15 is 0 Å². The molecule has 7 nitrogen and oxygen atoms in total. The van der Waals surface area contributed by atoms with Crippen LogP contribution in [0.1, 0.15) is 50.1 Å². The summed E-state index contributed by atoms with van der Waals surface area (Å²) >= 11 is 0. The number of carbonyl (C=O) groups excluding carboxylic acids is 1. The summed E-state index contributed by atoms with van der Waals surface area (Å²) < 4.78 is 5.79. The summed E-state index contributed by atoms with van der Waals surface area (Å²) in [6.07, 6.45) is 8.19. The molecule has 0 bridgehead atoms. The van der Waals surface area contributed by atoms with Crippen molar-refractivity contribution in [1.82, 2.24) is 15.0 Å². The lowest BCUT2D eigenvalue weighted by atomic mass is 9.99. The third-order valence-corrected chi connectivity index (χ3v) is 6.32. The molecule has 3 aromatic rings. The first-order valence-corrected chi connectivity index (χ1v) is 11.3. The zero-order valence-electron chi connectivity index (χ0n) is 19.1. The summed E-state index contributed by atoms with van der Waals surface area (Å²) in [6, 6.07) is 6.03. The number of pyridine rings is 3. The largest absolute Gasteiger partial charge is 0.378 e. The maximum Gasteiger partial charge on any atom is 0.228 e. The second-order valence-corrected chi connectivity index (χ2v) is 9.26. The third kappa shape index (κ3) is 4.67. The van der Waals surface area contributed by atoms with Gasteiger partial charge >= 0.3 is 0 Å². The van der Waals surface area contributed by atoms with Crippen LogP contribution in [0.3, 0.4) is 0 Å². The molecule has 2 fully saturated rings. The van der Waals surface area contributed by atoms with Gasteiger partial charge in [-0.05, 0) is 64.2 Å². The first kappa shape index (κ1) is 21.4. The van der Waals surface area contributed by atoms with Crippen LogP contribution in [-0.4, -0.2) is 39.1 Å². The summed E-state index contributed by atoms with van der Waals surface area (Å²) in [5, 5.41) is 8.25. The lowest BCUT2D eigenvalue weighted by molar-refractivity contribution is -0.117. The number of anilines is 2. The standard InChI is InChI=1S/C26H27N5O2/c1-16-22-15-29-24(31-25(32)17-4-5-17)12-21(22)18(13-27-16)6-7-19-8-9-20(14-28-19)30-23-10-11-33-26(23,2)3/h8-9,12-15,17,23,30H,4-5,10-11H2,1-3H3,(H,29,31,32). The van der Waals surface area contributed by atoms with Crippen molar-refractivity contribution in [2.24, 2.45) is 5.92 Å². The van der Waals surface area contributed by atoms with Crippen LogP contribution in [0.5, 0.6) is 0 Å². The molecule has 1 saturated heterocycles. The van der Waals surface area contributed by atoms with Crippen molar-refractivity contribution >= 4 is 28.2 Å². The zero-order chi connectivity index (χ0) is 23.0. The van der Waals surface area contributed by atoms with Crippen molar-refractivity contribution in [3.8, 4) is 11.8 Å². The van der Waals surface area contributed by atoms with Crippen LogP contribution in [0.4, 0.5) is 11.5 Å². The van der Waals surface area contributed by atoms with Gasteiger partial charge in [-0.2, -0.15) is 0 Å². The maximum absolute atomic E-state index is 12.1. The number of carbonyl (C=O) groups is 1. The predicted octanol–water partition coefficient (Wildman–Crippen LogP) is 4.06. The van der Waals surface area contributed by atoms with Gasteiger partial charge in [0.25, 0.3) is 0 Å². The van der Waals surface area contributed by atoms with Gasteiger partial charge in [0.05, 0.1) is 29.1 Å². The lowest BCUT2D eigenvalue weighted by Crippen LogP contribution is -2.37. The number of aromatic nitrogens is 3. The Labute approximate surface area is 193 Å². The number of ether oxygens (including phenoxy) is 1. The molecule has 33 heavy (non-hydrogen) atoms. The first-order valence-electron chi connectivity index (χ1n) is 11.3. The normalized spacial score (nSPS) is 19.1. The summed E-state index contributed by atoms with van der Waals surface area (Å²) in [6.45, 7) is 6.90. The third-order valence-electron chi connectivity index (χ3n) is 6.32. The van der Waals surface area contributed by atoms with Crippen molar-refractivity contribution in [2.75, 3.05) is 17.2 Å². The Morgan fingerprint density at radius 3 is 2.61 bits per heavy atom. The molecule has 3 aromatic heterocycles. The molecule has 1 unspecified atom stereocenters. The second-order valence-electron chi connectivity index (χ2n) is 9.26. The molecule has 0 radical (unpaired) electrons. The van der Waals surface area contributed by atoms with E-state index in [9.17, 15) is 4.79 Å². The van der Waals surface area contributed by atoms with E-state index in [0.29, 0.717) is 11.5 Å². The number of nitrogens with zero attached hydrogens (tertiary/aromatic N) is 3. The Hall–Kier alpha value is -3.50. The number of hydrogen-bond donors (Lipinski definition) is 2. The smallest absolute Gasteiger partial charge is 0.228 e. The van der Waals surface area contributed by atoms with Crippen LogP contribution in [-0.2, 0) is 9.53 Å². The number of amides is 1. The van der Waals surface area contributed by atoms with Crippen molar-refractivity contribution in [2.45, 2.75) is 51.7 Å².